The summed E-state index contributed by atoms with van der Waals surface area (Å²) in [7, 11) is -3.92. The number of rotatable bonds is 6. The van der Waals surface area contributed by atoms with Gasteiger partial charge in [-0.1, -0.05) is 24.3 Å². The van der Waals surface area contributed by atoms with Gasteiger partial charge in [0.25, 0.3) is 5.91 Å². The maximum Gasteiger partial charge on any atom is 0.335 e. The summed E-state index contributed by atoms with van der Waals surface area (Å²) in [6.45, 7) is 2.66. The third-order valence-corrected chi connectivity index (χ3v) is 8.60. The van der Waals surface area contributed by atoms with Gasteiger partial charge >= 0.3 is 12.0 Å². The lowest BCUT2D eigenvalue weighted by molar-refractivity contribution is 0.0689. The number of carbonyl (C=O) groups is 3. The zero-order chi connectivity index (χ0) is 25.2. The molecule has 0 saturated carbocycles. The Morgan fingerprint density at radius 3 is 2.43 bits per heavy atom. The van der Waals surface area contributed by atoms with E-state index in [0.29, 0.717) is 17.1 Å². The summed E-state index contributed by atoms with van der Waals surface area (Å²) >= 11 is 1.30. The van der Waals surface area contributed by atoms with E-state index < -0.39 is 22.0 Å². The van der Waals surface area contributed by atoms with Crippen molar-refractivity contribution in [2.75, 3.05) is 38.0 Å². The molecule has 1 aromatic heterocycles. The van der Waals surface area contributed by atoms with Crippen LogP contribution in [-0.2, 0) is 10.0 Å². The number of nitrogens with zero attached hydrogens (tertiary/aromatic N) is 2. The number of hydrogen-bond acceptors (Lipinski definition) is 6. The van der Waals surface area contributed by atoms with E-state index in [4.69, 9.17) is 0 Å². The van der Waals surface area contributed by atoms with Gasteiger partial charge < -0.3 is 15.3 Å². The van der Waals surface area contributed by atoms with Crippen LogP contribution < -0.4 is 10.6 Å². The van der Waals surface area contributed by atoms with Gasteiger partial charge in [0.05, 0.1) is 16.0 Å². The van der Waals surface area contributed by atoms with Crippen molar-refractivity contribution in [2.24, 2.45) is 0 Å². The van der Waals surface area contributed by atoms with Gasteiger partial charge in [-0.05, 0) is 31.2 Å². The predicted molar refractivity (Wildman–Crippen MR) is 133 cm³/mol. The van der Waals surface area contributed by atoms with Crippen molar-refractivity contribution in [3.8, 4) is 0 Å². The molecule has 0 spiro atoms. The van der Waals surface area contributed by atoms with Gasteiger partial charge in [-0.25, -0.2) is 18.0 Å². The van der Waals surface area contributed by atoms with Gasteiger partial charge in [0, 0.05) is 42.8 Å². The minimum atomic E-state index is -3.92. The van der Waals surface area contributed by atoms with Crippen molar-refractivity contribution < 1.29 is 27.9 Å². The molecular formula is C23H24N4O6S2. The first-order valence-electron chi connectivity index (χ1n) is 10.9. The van der Waals surface area contributed by atoms with Crippen molar-refractivity contribution in [1.82, 2.24) is 14.5 Å². The van der Waals surface area contributed by atoms with Crippen molar-refractivity contribution in [1.29, 1.82) is 0 Å². The Balaban J connectivity index is 1.54. The van der Waals surface area contributed by atoms with Crippen LogP contribution in [0.5, 0.6) is 0 Å². The molecule has 10 nitrogen and oxygen atoms in total. The molecular weight excluding hydrogens is 492 g/mol. The second kappa shape index (κ2) is 10.0. The summed E-state index contributed by atoms with van der Waals surface area (Å²) in [5.74, 6) is -1.50. The van der Waals surface area contributed by atoms with Gasteiger partial charge in [0.15, 0.2) is 0 Å². The van der Waals surface area contributed by atoms with E-state index in [1.165, 1.54) is 33.8 Å². The first kappa shape index (κ1) is 24.6. The summed E-state index contributed by atoms with van der Waals surface area (Å²) in [6, 6.07) is 12.2. The normalized spacial score (nSPS) is 14.6. The maximum atomic E-state index is 13.5. The molecule has 3 N–H and O–H groups in total. The van der Waals surface area contributed by atoms with Crippen LogP contribution in [0.1, 0.15) is 27.6 Å². The third kappa shape index (κ3) is 4.99. The molecule has 0 unspecified atom stereocenters. The van der Waals surface area contributed by atoms with Crippen LogP contribution in [0.4, 0.5) is 9.80 Å². The predicted octanol–water partition coefficient (Wildman–Crippen LogP) is 2.89. The number of amides is 3. The zero-order valence-electron chi connectivity index (χ0n) is 18.9. The highest BCUT2D eigenvalue weighted by molar-refractivity contribution is 7.89. The Morgan fingerprint density at radius 2 is 1.74 bits per heavy atom. The molecule has 1 aliphatic heterocycles. The first-order valence-corrected chi connectivity index (χ1v) is 13.2. The number of aromatic carboxylic acids is 1. The third-order valence-electron chi connectivity index (χ3n) is 5.62. The van der Waals surface area contributed by atoms with Crippen molar-refractivity contribution in [3.63, 3.8) is 0 Å². The van der Waals surface area contributed by atoms with Crippen LogP contribution in [-0.4, -0.2) is 73.4 Å². The lowest BCUT2D eigenvalue weighted by atomic mass is 10.1. The van der Waals surface area contributed by atoms with Crippen molar-refractivity contribution in [2.45, 2.75) is 11.8 Å². The molecule has 3 aromatic rings. The monoisotopic (exact) mass is 516 g/mol. The second-order valence-electron chi connectivity index (χ2n) is 7.82. The zero-order valence-corrected chi connectivity index (χ0v) is 20.5. The molecule has 4 rings (SSSR count). The molecule has 2 heterocycles. The van der Waals surface area contributed by atoms with E-state index in [0.717, 1.165) is 16.2 Å². The molecule has 35 heavy (non-hydrogen) atoms. The molecule has 3 amide bonds. The Kier molecular flexibility index (Phi) is 7.05. The first-order chi connectivity index (χ1) is 16.7. The fourth-order valence-electron chi connectivity index (χ4n) is 3.88. The van der Waals surface area contributed by atoms with Crippen molar-refractivity contribution in [3.05, 3.63) is 59.7 Å². The summed E-state index contributed by atoms with van der Waals surface area (Å²) in [4.78, 5) is 38.3. The number of fused-ring (bicyclic) bond motifs is 1. The molecule has 1 aliphatic rings. The SMILES string of the molecule is CCNC(=O)Nc1sc2ccccc2c1C(=O)N1CCN(S(=O)(=O)c2cccc(C(=O)O)c2)CC1. The van der Waals surface area contributed by atoms with Gasteiger partial charge in [-0.15, -0.1) is 11.3 Å². The minimum absolute atomic E-state index is 0.0620. The molecule has 0 atom stereocenters. The highest BCUT2D eigenvalue weighted by Crippen LogP contribution is 2.36. The molecule has 1 fully saturated rings. The Hall–Kier alpha value is -3.48. The number of carboxylic acid groups (broad SMARTS) is 1. The molecule has 1 saturated heterocycles. The topological polar surface area (TPSA) is 136 Å². The van der Waals surface area contributed by atoms with E-state index in [-0.39, 0.29) is 42.5 Å². The molecule has 0 aliphatic carbocycles. The molecule has 12 heteroatoms. The summed E-state index contributed by atoms with van der Waals surface area (Å²) in [6.07, 6.45) is 0. The number of piperazine rings is 1. The van der Waals surface area contributed by atoms with Gasteiger partial charge in [-0.3, -0.25) is 10.1 Å². The average Bonchev–Trinajstić information content (AvgIpc) is 3.21. The Bertz CT molecular complexity index is 1390. The van der Waals surface area contributed by atoms with E-state index in [1.807, 2.05) is 24.3 Å². The maximum absolute atomic E-state index is 13.5. The van der Waals surface area contributed by atoms with Gasteiger partial charge in [0.2, 0.25) is 10.0 Å². The number of carboxylic acids is 1. The lowest BCUT2D eigenvalue weighted by Crippen LogP contribution is -2.50. The summed E-state index contributed by atoms with van der Waals surface area (Å²) in [5.41, 5.74) is 0.263. The largest absolute Gasteiger partial charge is 0.478 e. The van der Waals surface area contributed by atoms with Crippen LogP contribution in [0.2, 0.25) is 0 Å². The quantitative estimate of drug-likeness (QED) is 0.461. The molecule has 0 radical (unpaired) electrons. The van der Waals surface area contributed by atoms with Gasteiger partial charge in [-0.2, -0.15) is 4.31 Å². The molecule has 2 aromatic carbocycles. The number of urea groups is 1. The fraction of sp³-hybridized carbons (Fsp3) is 0.261. The number of benzene rings is 2. The van der Waals surface area contributed by atoms with E-state index in [2.05, 4.69) is 10.6 Å². The van der Waals surface area contributed by atoms with E-state index in [9.17, 15) is 27.9 Å². The van der Waals surface area contributed by atoms with E-state index >= 15 is 0 Å². The summed E-state index contributed by atoms with van der Waals surface area (Å²) in [5, 5.41) is 15.7. The average molecular weight is 517 g/mol. The number of thiophene rings is 1. The van der Waals surface area contributed by atoms with Crippen LogP contribution in [0.3, 0.4) is 0 Å². The highest BCUT2D eigenvalue weighted by atomic mass is 32.2. The number of nitrogens with one attached hydrogen (secondary N) is 2. The van der Waals surface area contributed by atoms with Crippen molar-refractivity contribution >= 4 is 54.4 Å². The molecule has 184 valence electrons. The number of carbonyl (C=O) groups excluding carboxylic acids is 2. The van der Waals surface area contributed by atoms with Crippen LogP contribution >= 0.6 is 11.3 Å². The fourth-order valence-corrected chi connectivity index (χ4v) is 6.44. The summed E-state index contributed by atoms with van der Waals surface area (Å²) < 4.78 is 28.2. The number of sulfonamides is 1. The lowest BCUT2D eigenvalue weighted by Gasteiger charge is -2.34. The second-order valence-corrected chi connectivity index (χ2v) is 10.8. The van der Waals surface area contributed by atoms with Gasteiger partial charge in [0.1, 0.15) is 5.00 Å². The minimum Gasteiger partial charge on any atom is -0.478 e. The molecule has 0 bridgehead atoms. The Morgan fingerprint density at radius 1 is 1.03 bits per heavy atom. The van der Waals surface area contributed by atoms with Crippen LogP contribution in [0.15, 0.2) is 53.4 Å². The number of hydrogen-bond donors (Lipinski definition) is 3. The van der Waals surface area contributed by atoms with Crippen LogP contribution in [0, 0.1) is 0 Å². The van der Waals surface area contributed by atoms with E-state index in [1.54, 1.807) is 11.8 Å². The number of anilines is 1. The standard InChI is InChI=1S/C23H24N4O6S2/c1-2-24-23(31)25-20-19(17-8-3-4-9-18(17)34-20)21(28)26-10-12-27(13-11-26)35(32,33)16-7-5-6-15(14-16)22(29)30/h3-9,14H,2,10-13H2,1H3,(H,29,30)(H2,24,25,31). The van der Waals surface area contributed by atoms with Crippen LogP contribution in [0.25, 0.3) is 10.1 Å². The Labute approximate surface area is 206 Å². The smallest absolute Gasteiger partial charge is 0.335 e. The highest BCUT2D eigenvalue weighted by Gasteiger charge is 2.32.